The number of amides is 1. The van der Waals surface area contributed by atoms with Gasteiger partial charge in [-0.2, -0.15) is 0 Å². The Morgan fingerprint density at radius 3 is 3.05 bits per heavy atom. The second kappa shape index (κ2) is 6.52. The predicted octanol–water partition coefficient (Wildman–Crippen LogP) is 1.54. The first-order chi connectivity index (χ1) is 9.20. The standard InChI is InChI=1S/C14H19FN2O2/c15-11-4-3-6-13(8-11)19-10-14(18)17-7-2-1-5-12(17)9-16/h3-4,6,8,12H,1-2,5,7,9-10,16H2. The van der Waals surface area contributed by atoms with E-state index in [-0.39, 0.29) is 24.4 Å². The maximum absolute atomic E-state index is 13.0. The number of halogens is 1. The number of hydrogen-bond donors (Lipinski definition) is 1. The number of nitrogens with zero attached hydrogens (tertiary/aromatic N) is 1. The van der Waals surface area contributed by atoms with Gasteiger partial charge in [-0.3, -0.25) is 4.79 Å². The fourth-order valence-electron chi connectivity index (χ4n) is 2.36. The summed E-state index contributed by atoms with van der Waals surface area (Å²) >= 11 is 0. The SMILES string of the molecule is NCC1CCCCN1C(=O)COc1cccc(F)c1. The first-order valence-electron chi connectivity index (χ1n) is 6.58. The van der Waals surface area contributed by atoms with Crippen LogP contribution >= 0.6 is 0 Å². The number of rotatable bonds is 4. The van der Waals surface area contributed by atoms with E-state index in [1.165, 1.54) is 12.1 Å². The number of carbonyl (C=O) groups is 1. The Kier molecular flexibility index (Phi) is 4.74. The van der Waals surface area contributed by atoms with Crippen LogP contribution in [0.25, 0.3) is 0 Å². The first-order valence-corrected chi connectivity index (χ1v) is 6.58. The highest BCUT2D eigenvalue weighted by atomic mass is 19.1. The average molecular weight is 266 g/mol. The van der Waals surface area contributed by atoms with Crippen molar-refractivity contribution in [2.24, 2.45) is 5.73 Å². The van der Waals surface area contributed by atoms with Gasteiger partial charge in [-0.05, 0) is 31.4 Å². The van der Waals surface area contributed by atoms with Crippen molar-refractivity contribution in [3.8, 4) is 5.75 Å². The van der Waals surface area contributed by atoms with Crippen molar-refractivity contribution in [1.82, 2.24) is 4.90 Å². The normalized spacial score (nSPS) is 19.3. The third-order valence-corrected chi connectivity index (χ3v) is 3.38. The summed E-state index contributed by atoms with van der Waals surface area (Å²) in [4.78, 5) is 13.9. The van der Waals surface area contributed by atoms with Gasteiger partial charge < -0.3 is 15.4 Å². The lowest BCUT2D eigenvalue weighted by Gasteiger charge is -2.34. The van der Waals surface area contributed by atoms with Crippen molar-refractivity contribution in [1.29, 1.82) is 0 Å². The number of ether oxygens (including phenoxy) is 1. The number of benzene rings is 1. The molecule has 1 aromatic rings. The molecule has 1 saturated heterocycles. The molecule has 0 bridgehead atoms. The van der Waals surface area contributed by atoms with Crippen LogP contribution < -0.4 is 10.5 Å². The van der Waals surface area contributed by atoms with Crippen molar-refractivity contribution < 1.29 is 13.9 Å². The number of hydrogen-bond acceptors (Lipinski definition) is 3. The van der Waals surface area contributed by atoms with Crippen LogP contribution in [-0.2, 0) is 4.79 Å². The fraction of sp³-hybridized carbons (Fsp3) is 0.500. The van der Waals surface area contributed by atoms with Crippen molar-refractivity contribution in [3.63, 3.8) is 0 Å². The van der Waals surface area contributed by atoms with Crippen molar-refractivity contribution in [3.05, 3.63) is 30.1 Å². The lowest BCUT2D eigenvalue weighted by molar-refractivity contribution is -0.136. The number of carbonyl (C=O) groups excluding carboxylic acids is 1. The molecule has 0 aliphatic carbocycles. The van der Waals surface area contributed by atoms with Crippen molar-refractivity contribution in [2.45, 2.75) is 25.3 Å². The van der Waals surface area contributed by atoms with Gasteiger partial charge in [0.05, 0.1) is 0 Å². The summed E-state index contributed by atoms with van der Waals surface area (Å²) in [6, 6.07) is 5.90. The van der Waals surface area contributed by atoms with Crippen molar-refractivity contribution >= 4 is 5.91 Å². The molecule has 2 rings (SSSR count). The number of likely N-dealkylation sites (tertiary alicyclic amines) is 1. The van der Waals surface area contributed by atoms with E-state index < -0.39 is 0 Å². The lowest BCUT2D eigenvalue weighted by Crippen LogP contribution is -2.49. The van der Waals surface area contributed by atoms with Crippen LogP contribution in [0.3, 0.4) is 0 Å². The van der Waals surface area contributed by atoms with Crippen molar-refractivity contribution in [2.75, 3.05) is 19.7 Å². The molecule has 1 unspecified atom stereocenters. The van der Waals surface area contributed by atoms with E-state index in [0.717, 1.165) is 25.8 Å². The Morgan fingerprint density at radius 2 is 2.32 bits per heavy atom. The smallest absolute Gasteiger partial charge is 0.260 e. The monoisotopic (exact) mass is 266 g/mol. The van der Waals surface area contributed by atoms with Crippen LogP contribution in [0.2, 0.25) is 0 Å². The minimum Gasteiger partial charge on any atom is -0.484 e. The molecule has 0 radical (unpaired) electrons. The Labute approximate surface area is 112 Å². The van der Waals surface area contributed by atoms with Gasteiger partial charge in [0.1, 0.15) is 11.6 Å². The van der Waals surface area contributed by atoms with E-state index in [9.17, 15) is 9.18 Å². The van der Waals surface area contributed by atoms with E-state index in [2.05, 4.69) is 0 Å². The third kappa shape index (κ3) is 3.67. The molecule has 1 aliphatic rings. The first kappa shape index (κ1) is 13.8. The lowest BCUT2D eigenvalue weighted by atomic mass is 10.0. The second-order valence-electron chi connectivity index (χ2n) is 4.72. The molecular weight excluding hydrogens is 247 g/mol. The molecule has 0 spiro atoms. The maximum atomic E-state index is 13.0. The highest BCUT2D eigenvalue weighted by Crippen LogP contribution is 2.17. The molecule has 19 heavy (non-hydrogen) atoms. The Morgan fingerprint density at radius 1 is 1.47 bits per heavy atom. The molecule has 1 aliphatic heterocycles. The van der Waals surface area contributed by atoms with E-state index in [4.69, 9.17) is 10.5 Å². The van der Waals surface area contributed by atoms with Gasteiger partial charge in [0.2, 0.25) is 0 Å². The highest BCUT2D eigenvalue weighted by Gasteiger charge is 2.25. The fourth-order valence-corrected chi connectivity index (χ4v) is 2.36. The highest BCUT2D eigenvalue weighted by molar-refractivity contribution is 5.78. The van der Waals surface area contributed by atoms with E-state index in [1.54, 1.807) is 17.0 Å². The molecule has 2 N–H and O–H groups in total. The van der Waals surface area contributed by atoms with Gasteiger partial charge in [0, 0.05) is 25.2 Å². The summed E-state index contributed by atoms with van der Waals surface area (Å²) < 4.78 is 18.3. The largest absolute Gasteiger partial charge is 0.484 e. The molecule has 0 aromatic heterocycles. The minimum absolute atomic E-state index is 0.0695. The van der Waals surface area contributed by atoms with E-state index >= 15 is 0 Å². The van der Waals surface area contributed by atoms with Crippen LogP contribution in [0.15, 0.2) is 24.3 Å². The summed E-state index contributed by atoms with van der Waals surface area (Å²) in [7, 11) is 0. The Balaban J connectivity index is 1.89. The Hall–Kier alpha value is -1.62. The van der Waals surface area contributed by atoms with Gasteiger partial charge in [-0.15, -0.1) is 0 Å². The third-order valence-electron chi connectivity index (χ3n) is 3.38. The average Bonchev–Trinajstić information content (AvgIpc) is 2.45. The van der Waals surface area contributed by atoms with Crippen LogP contribution in [0, 0.1) is 5.82 Å². The maximum Gasteiger partial charge on any atom is 0.260 e. The predicted molar refractivity (Wildman–Crippen MR) is 70.3 cm³/mol. The molecular formula is C14H19FN2O2. The zero-order valence-electron chi connectivity index (χ0n) is 10.8. The molecule has 0 saturated carbocycles. The summed E-state index contributed by atoms with van der Waals surface area (Å²) in [5.74, 6) is -0.0863. The number of nitrogens with two attached hydrogens (primary N) is 1. The molecule has 4 nitrogen and oxygen atoms in total. The summed E-state index contributed by atoms with van der Waals surface area (Å²) in [5.41, 5.74) is 5.67. The quantitative estimate of drug-likeness (QED) is 0.899. The summed E-state index contributed by atoms with van der Waals surface area (Å²) in [5, 5.41) is 0. The van der Waals surface area contributed by atoms with Gasteiger partial charge in [0.15, 0.2) is 6.61 Å². The van der Waals surface area contributed by atoms with Crippen LogP contribution in [0.1, 0.15) is 19.3 Å². The van der Waals surface area contributed by atoms with E-state index in [1.807, 2.05) is 0 Å². The zero-order valence-corrected chi connectivity index (χ0v) is 10.8. The topological polar surface area (TPSA) is 55.6 Å². The van der Waals surface area contributed by atoms with Crippen LogP contribution in [-0.4, -0.2) is 36.5 Å². The van der Waals surface area contributed by atoms with E-state index in [0.29, 0.717) is 12.3 Å². The van der Waals surface area contributed by atoms with Gasteiger partial charge >= 0.3 is 0 Å². The molecule has 5 heteroatoms. The van der Waals surface area contributed by atoms with Gasteiger partial charge in [-0.25, -0.2) is 4.39 Å². The zero-order chi connectivity index (χ0) is 13.7. The number of piperidine rings is 1. The minimum atomic E-state index is -0.372. The molecule has 1 heterocycles. The van der Waals surface area contributed by atoms with Gasteiger partial charge in [-0.1, -0.05) is 6.07 Å². The van der Waals surface area contributed by atoms with Crippen LogP contribution in [0.5, 0.6) is 5.75 Å². The molecule has 104 valence electrons. The van der Waals surface area contributed by atoms with Crippen LogP contribution in [0.4, 0.5) is 4.39 Å². The molecule has 1 aromatic carbocycles. The molecule has 1 atom stereocenters. The summed E-state index contributed by atoms with van der Waals surface area (Å²) in [6.45, 7) is 1.14. The van der Waals surface area contributed by atoms with Gasteiger partial charge in [0.25, 0.3) is 5.91 Å². The molecule has 1 fully saturated rings. The Bertz CT molecular complexity index is 439. The second-order valence-corrected chi connectivity index (χ2v) is 4.72. The molecule has 1 amide bonds. The summed E-state index contributed by atoms with van der Waals surface area (Å²) in [6.07, 6.45) is 3.06.